The van der Waals surface area contributed by atoms with Crippen molar-refractivity contribution in [2.45, 2.75) is 13.8 Å². The van der Waals surface area contributed by atoms with E-state index in [0.717, 1.165) is 11.3 Å². The molecular formula is C13H12N4O. The highest BCUT2D eigenvalue weighted by Crippen LogP contribution is 2.14. The van der Waals surface area contributed by atoms with Crippen LogP contribution in [0.2, 0.25) is 0 Å². The van der Waals surface area contributed by atoms with Crippen LogP contribution in [-0.4, -0.2) is 19.7 Å². The topological polar surface area (TPSA) is 63.6 Å². The van der Waals surface area contributed by atoms with Crippen LogP contribution >= 0.6 is 0 Å². The Kier molecular flexibility index (Phi) is 2.26. The van der Waals surface area contributed by atoms with Crippen LogP contribution in [0.1, 0.15) is 11.4 Å². The van der Waals surface area contributed by atoms with Crippen LogP contribution in [0.3, 0.4) is 0 Å². The third-order valence-corrected chi connectivity index (χ3v) is 2.80. The van der Waals surface area contributed by atoms with Gasteiger partial charge in [0.2, 0.25) is 0 Å². The molecule has 0 bridgehead atoms. The first kappa shape index (κ1) is 10.7. The second kappa shape index (κ2) is 3.80. The highest BCUT2D eigenvalue weighted by molar-refractivity contribution is 5.75. The normalized spacial score (nSPS) is 11.0. The Hall–Kier alpha value is -2.43. The van der Waals surface area contributed by atoms with Gasteiger partial charge in [-0.05, 0) is 31.5 Å². The van der Waals surface area contributed by atoms with Crippen molar-refractivity contribution in [1.82, 2.24) is 19.7 Å². The Bertz CT molecular complexity index is 785. The van der Waals surface area contributed by atoms with Gasteiger partial charge in [-0.15, -0.1) is 0 Å². The molecule has 2 heterocycles. The maximum Gasteiger partial charge on any atom is 0.262 e. The van der Waals surface area contributed by atoms with Gasteiger partial charge in [0.05, 0.1) is 11.9 Å². The molecule has 0 radical (unpaired) electrons. The smallest absolute Gasteiger partial charge is 0.262 e. The third kappa shape index (κ3) is 1.60. The number of rotatable bonds is 1. The van der Waals surface area contributed by atoms with E-state index in [-0.39, 0.29) is 5.56 Å². The molecule has 18 heavy (non-hydrogen) atoms. The Morgan fingerprint density at radius 1 is 1.28 bits per heavy atom. The highest BCUT2D eigenvalue weighted by atomic mass is 16.1. The molecule has 0 saturated heterocycles. The first-order valence-corrected chi connectivity index (χ1v) is 5.67. The molecule has 0 amide bonds. The van der Waals surface area contributed by atoms with Crippen molar-refractivity contribution in [3.63, 3.8) is 0 Å². The number of aromatic amines is 1. The second-order valence-electron chi connectivity index (χ2n) is 4.28. The van der Waals surface area contributed by atoms with Crippen molar-refractivity contribution in [1.29, 1.82) is 0 Å². The first-order valence-electron chi connectivity index (χ1n) is 5.67. The van der Waals surface area contributed by atoms with Crippen molar-refractivity contribution < 1.29 is 0 Å². The molecule has 3 rings (SSSR count). The lowest BCUT2D eigenvalue weighted by Gasteiger charge is -2.03. The molecule has 3 aromatic rings. The number of aryl methyl sites for hydroxylation is 2. The number of hydrogen-bond acceptors (Lipinski definition) is 3. The number of fused-ring (bicyclic) bond motifs is 1. The molecule has 5 heteroatoms. The predicted molar refractivity (Wildman–Crippen MR) is 69.0 cm³/mol. The van der Waals surface area contributed by atoms with Gasteiger partial charge in [-0.2, -0.15) is 5.10 Å². The Morgan fingerprint density at radius 3 is 2.89 bits per heavy atom. The Balaban J connectivity index is 2.34. The SMILES string of the molecule is Cc1cccc(-n2ncc3c(=O)[nH]c(C)nc32)c1. The minimum absolute atomic E-state index is 0.156. The molecule has 0 aliphatic rings. The summed E-state index contributed by atoms with van der Waals surface area (Å²) in [6, 6.07) is 7.92. The zero-order valence-corrected chi connectivity index (χ0v) is 10.1. The van der Waals surface area contributed by atoms with Gasteiger partial charge in [-0.25, -0.2) is 9.67 Å². The van der Waals surface area contributed by atoms with Crippen molar-refractivity contribution in [3.8, 4) is 5.69 Å². The lowest BCUT2D eigenvalue weighted by molar-refractivity contribution is 0.887. The second-order valence-corrected chi connectivity index (χ2v) is 4.28. The number of nitrogens with zero attached hydrogens (tertiary/aromatic N) is 3. The predicted octanol–water partition coefficient (Wildman–Crippen LogP) is 1.73. The summed E-state index contributed by atoms with van der Waals surface area (Å²) < 4.78 is 1.69. The van der Waals surface area contributed by atoms with Gasteiger partial charge in [0, 0.05) is 0 Å². The monoisotopic (exact) mass is 240 g/mol. The van der Waals surface area contributed by atoms with Crippen LogP contribution in [0.4, 0.5) is 0 Å². The molecule has 5 nitrogen and oxygen atoms in total. The van der Waals surface area contributed by atoms with Gasteiger partial charge in [0.25, 0.3) is 5.56 Å². The third-order valence-electron chi connectivity index (χ3n) is 2.80. The maximum atomic E-state index is 11.8. The summed E-state index contributed by atoms with van der Waals surface area (Å²) in [5, 5.41) is 4.74. The molecule has 1 N–H and O–H groups in total. The summed E-state index contributed by atoms with van der Waals surface area (Å²) in [7, 11) is 0. The van der Waals surface area contributed by atoms with Gasteiger partial charge in [0.15, 0.2) is 5.65 Å². The minimum Gasteiger partial charge on any atom is -0.310 e. The van der Waals surface area contributed by atoms with E-state index in [1.165, 1.54) is 0 Å². The molecule has 90 valence electrons. The fourth-order valence-electron chi connectivity index (χ4n) is 1.98. The molecule has 2 aromatic heterocycles. The van der Waals surface area contributed by atoms with Gasteiger partial charge in [0.1, 0.15) is 11.2 Å². The van der Waals surface area contributed by atoms with Crippen LogP contribution in [-0.2, 0) is 0 Å². The van der Waals surface area contributed by atoms with E-state index in [1.54, 1.807) is 17.8 Å². The van der Waals surface area contributed by atoms with Gasteiger partial charge >= 0.3 is 0 Å². The van der Waals surface area contributed by atoms with Crippen LogP contribution < -0.4 is 5.56 Å². The van der Waals surface area contributed by atoms with E-state index in [9.17, 15) is 4.79 Å². The summed E-state index contributed by atoms with van der Waals surface area (Å²) in [4.78, 5) is 18.8. The van der Waals surface area contributed by atoms with Crippen molar-refractivity contribution >= 4 is 11.0 Å². The highest BCUT2D eigenvalue weighted by Gasteiger charge is 2.09. The van der Waals surface area contributed by atoms with E-state index in [1.807, 2.05) is 31.2 Å². The van der Waals surface area contributed by atoms with Crippen LogP contribution in [0.25, 0.3) is 16.7 Å². The van der Waals surface area contributed by atoms with E-state index in [4.69, 9.17) is 0 Å². The van der Waals surface area contributed by atoms with Crippen molar-refractivity contribution in [2.75, 3.05) is 0 Å². The quantitative estimate of drug-likeness (QED) is 0.704. The minimum atomic E-state index is -0.156. The fraction of sp³-hybridized carbons (Fsp3) is 0.154. The summed E-state index contributed by atoms with van der Waals surface area (Å²) in [6.07, 6.45) is 1.54. The zero-order chi connectivity index (χ0) is 12.7. The van der Waals surface area contributed by atoms with Crippen molar-refractivity contribution in [2.24, 2.45) is 0 Å². The molecule has 0 saturated carbocycles. The van der Waals surface area contributed by atoms with E-state index in [0.29, 0.717) is 16.9 Å². The standard InChI is InChI=1S/C13H12N4O/c1-8-4-3-5-10(6-8)17-12-11(7-14-17)13(18)16-9(2)15-12/h3-7H,1-2H3,(H,15,16,18). The average Bonchev–Trinajstić information content (AvgIpc) is 2.72. The summed E-state index contributed by atoms with van der Waals surface area (Å²) in [5.74, 6) is 0.585. The summed E-state index contributed by atoms with van der Waals surface area (Å²) in [6.45, 7) is 3.77. The van der Waals surface area contributed by atoms with Crippen LogP contribution in [0.15, 0.2) is 35.3 Å². The number of aromatic nitrogens is 4. The lowest BCUT2D eigenvalue weighted by atomic mass is 10.2. The number of H-pyrrole nitrogens is 1. The summed E-state index contributed by atoms with van der Waals surface area (Å²) in [5.41, 5.74) is 2.47. The molecule has 0 fully saturated rings. The Morgan fingerprint density at radius 2 is 2.11 bits per heavy atom. The molecular weight excluding hydrogens is 228 g/mol. The first-order chi connectivity index (χ1) is 8.65. The average molecular weight is 240 g/mol. The van der Waals surface area contributed by atoms with E-state index < -0.39 is 0 Å². The Labute approximate surface area is 103 Å². The molecule has 0 aliphatic heterocycles. The largest absolute Gasteiger partial charge is 0.310 e. The molecule has 1 aromatic carbocycles. The van der Waals surface area contributed by atoms with E-state index >= 15 is 0 Å². The van der Waals surface area contributed by atoms with Crippen molar-refractivity contribution in [3.05, 3.63) is 52.2 Å². The molecule has 0 spiro atoms. The van der Waals surface area contributed by atoms with Crippen LogP contribution in [0, 0.1) is 13.8 Å². The number of hydrogen-bond donors (Lipinski definition) is 1. The lowest BCUT2D eigenvalue weighted by Crippen LogP contribution is -2.10. The molecule has 0 unspecified atom stereocenters. The summed E-state index contributed by atoms with van der Waals surface area (Å²) >= 11 is 0. The van der Waals surface area contributed by atoms with E-state index in [2.05, 4.69) is 15.1 Å². The maximum absolute atomic E-state index is 11.8. The van der Waals surface area contributed by atoms with Crippen LogP contribution in [0.5, 0.6) is 0 Å². The zero-order valence-electron chi connectivity index (χ0n) is 10.1. The molecule has 0 atom stereocenters. The number of benzene rings is 1. The van der Waals surface area contributed by atoms with Gasteiger partial charge < -0.3 is 4.98 Å². The van der Waals surface area contributed by atoms with Gasteiger partial charge in [-0.1, -0.05) is 12.1 Å². The molecule has 0 aliphatic carbocycles. The van der Waals surface area contributed by atoms with Gasteiger partial charge in [-0.3, -0.25) is 4.79 Å². The fourth-order valence-corrected chi connectivity index (χ4v) is 1.98. The number of nitrogens with one attached hydrogen (secondary N) is 1.